The molecule has 1 N–H and O–H groups in total. The quantitative estimate of drug-likeness (QED) is 0.213. The summed E-state index contributed by atoms with van der Waals surface area (Å²) in [5.41, 5.74) is 9.22. The predicted octanol–water partition coefficient (Wildman–Crippen LogP) is 7.73. The molecule has 3 aromatic carbocycles. The smallest absolute Gasteiger partial charge is 0.673 e. The third-order valence-electron chi connectivity index (χ3n) is 3.97. The maximum Gasteiger partial charge on any atom is 4.00 e. The molecule has 5 heteroatoms. The van der Waals surface area contributed by atoms with Crippen LogP contribution in [0.25, 0.3) is 38.3 Å². The van der Waals surface area contributed by atoms with Gasteiger partial charge in [0, 0.05) is 22.1 Å². The Bertz CT molecular complexity index is 1020. The van der Waals surface area contributed by atoms with Gasteiger partial charge in [0.2, 0.25) is 0 Å². The Morgan fingerprint density at radius 1 is 1.00 bits per heavy atom. The number of nitrogens with one attached hydrogen (secondary N) is 1. The van der Waals surface area contributed by atoms with Crippen molar-refractivity contribution in [3.63, 3.8) is 0 Å². The van der Waals surface area contributed by atoms with Crippen LogP contribution in [0, 0.1) is 14.9 Å². The fourth-order valence-corrected chi connectivity index (χ4v) is 3.02. The first-order valence-corrected chi connectivity index (χ1v) is 11.1. The van der Waals surface area contributed by atoms with E-state index in [1.54, 1.807) is 7.11 Å². The van der Waals surface area contributed by atoms with Crippen molar-refractivity contribution in [3.8, 4) is 5.75 Å². The molecule has 4 rings (SSSR count). The summed E-state index contributed by atoms with van der Waals surface area (Å²) in [6.45, 7) is 9.87. The van der Waals surface area contributed by atoms with Gasteiger partial charge in [-0.05, 0) is 29.1 Å². The monoisotopic (exact) mass is 456 g/mol. The number of nitrogens with zero attached hydrogens (tertiary/aromatic N) is 1. The molecular formula is C25H36N2OSiTi. The van der Waals surface area contributed by atoms with Crippen molar-refractivity contribution >= 4 is 42.1 Å². The van der Waals surface area contributed by atoms with Gasteiger partial charge in [-0.3, -0.25) is 0 Å². The normalized spacial score (nSPS) is 10.0. The first-order chi connectivity index (χ1) is 12.7. The van der Waals surface area contributed by atoms with Crippen LogP contribution in [0.4, 0.5) is 0 Å². The van der Waals surface area contributed by atoms with Crippen molar-refractivity contribution in [3.05, 3.63) is 69.1 Å². The Morgan fingerprint density at radius 2 is 1.53 bits per heavy atom. The summed E-state index contributed by atoms with van der Waals surface area (Å²) in [6.07, 6.45) is 0. The van der Waals surface area contributed by atoms with Gasteiger partial charge in [-0.25, -0.2) is 0 Å². The number of fused-ring (bicyclic) bond motifs is 5. The van der Waals surface area contributed by atoms with E-state index >= 15 is 0 Å². The van der Waals surface area contributed by atoms with E-state index in [9.17, 15) is 0 Å². The Kier molecular flexibility index (Phi) is 13.4. The molecule has 2 radical (unpaired) electrons. The van der Waals surface area contributed by atoms with Crippen LogP contribution in [0.15, 0.2) is 48.5 Å². The van der Waals surface area contributed by atoms with E-state index in [1.165, 1.54) is 32.6 Å². The number of aryl methyl sites for hydroxylation is 1. The number of benzene rings is 2. The number of methoxy groups -OCH3 is 1. The van der Waals surface area contributed by atoms with Crippen molar-refractivity contribution in [2.24, 2.45) is 7.05 Å². The molecule has 0 amide bonds. The average Bonchev–Trinajstić information content (AvgIpc) is 3.10. The van der Waals surface area contributed by atoms with Gasteiger partial charge in [0.1, 0.15) is 5.75 Å². The van der Waals surface area contributed by atoms with Crippen molar-refractivity contribution in [1.29, 1.82) is 0 Å². The summed E-state index contributed by atoms with van der Waals surface area (Å²) in [6, 6.07) is 17.1. The van der Waals surface area contributed by atoms with E-state index < -0.39 is 0 Å². The Hall–Kier alpha value is -1.46. The molecular weight excluding hydrogens is 420 g/mol. The Labute approximate surface area is 201 Å². The van der Waals surface area contributed by atoms with Gasteiger partial charge in [0.05, 0.1) is 7.11 Å². The largest absolute Gasteiger partial charge is 4.00 e. The second-order valence-electron chi connectivity index (χ2n) is 7.68. The van der Waals surface area contributed by atoms with Crippen LogP contribution in [0.1, 0.15) is 20.8 Å². The van der Waals surface area contributed by atoms with E-state index in [1.807, 2.05) is 26.8 Å². The molecule has 3 nitrogen and oxygen atoms in total. The molecule has 0 aliphatic carbocycles. The van der Waals surface area contributed by atoms with Crippen LogP contribution < -0.4 is 4.74 Å². The van der Waals surface area contributed by atoms with E-state index in [-0.39, 0.29) is 42.1 Å². The summed E-state index contributed by atoms with van der Waals surface area (Å²) in [4.78, 5) is 0. The van der Waals surface area contributed by atoms with Gasteiger partial charge in [-0.2, -0.15) is 0 Å². The topological polar surface area (TPSA) is 38.0 Å². The van der Waals surface area contributed by atoms with Crippen LogP contribution in [0.5, 0.6) is 5.75 Å². The number of hydrogen-bond donors (Lipinski definition) is 0. The first-order valence-electron chi connectivity index (χ1n) is 9.15. The number of rotatable bonds is 1. The summed E-state index contributed by atoms with van der Waals surface area (Å²) < 4.78 is 7.61. The van der Waals surface area contributed by atoms with Crippen LogP contribution in [-0.4, -0.2) is 26.7 Å². The van der Waals surface area contributed by atoms with Gasteiger partial charge in [0.25, 0.3) is 0 Å². The second-order valence-corrected chi connectivity index (χ2v) is 8.68. The summed E-state index contributed by atoms with van der Waals surface area (Å²) >= 11 is 0. The first kappa shape index (κ1) is 30.7. The fraction of sp³-hybridized carbons (Fsp3) is 0.320. The molecule has 0 aliphatic rings. The minimum absolute atomic E-state index is 0. The number of aromatic nitrogens is 1. The zero-order chi connectivity index (χ0) is 20.2. The van der Waals surface area contributed by atoms with Crippen LogP contribution in [-0.2, 0) is 28.8 Å². The minimum atomic E-state index is -0.250. The Balaban J connectivity index is 0. The zero-order valence-electron chi connectivity index (χ0n) is 20.0. The van der Waals surface area contributed by atoms with Gasteiger partial charge in [0.15, 0.2) is 0 Å². The molecule has 30 heavy (non-hydrogen) atoms. The van der Waals surface area contributed by atoms with Gasteiger partial charge in [-0.15, -0.1) is 40.6 Å². The van der Waals surface area contributed by atoms with Crippen LogP contribution in [0.3, 0.4) is 0 Å². The number of ether oxygens (including phenoxy) is 1. The summed E-state index contributed by atoms with van der Waals surface area (Å²) in [7, 11) is 4.92. The number of hydrogen-bond acceptors (Lipinski definition) is 1. The third kappa shape index (κ3) is 7.35. The molecule has 160 valence electrons. The SMILES string of the molecule is CC(C)(C)[NH-].COc1ccc2c(c1)c1c3ccccc3[cH-]c1n2C.C[Si]C.[CH3-].[CH3-].[Ti+4]. The Morgan fingerprint density at radius 3 is 2.07 bits per heavy atom. The van der Waals surface area contributed by atoms with Crippen molar-refractivity contribution < 1.29 is 26.5 Å². The fourth-order valence-electron chi connectivity index (χ4n) is 3.02. The molecule has 0 saturated heterocycles. The second kappa shape index (κ2) is 13.1. The third-order valence-corrected chi connectivity index (χ3v) is 3.97. The van der Waals surface area contributed by atoms with Gasteiger partial charge in [-0.1, -0.05) is 45.3 Å². The molecule has 1 aromatic heterocycles. The van der Waals surface area contributed by atoms with E-state index in [0.717, 1.165) is 15.3 Å². The molecule has 0 fully saturated rings. The van der Waals surface area contributed by atoms with Crippen molar-refractivity contribution in [2.45, 2.75) is 39.4 Å². The molecule has 0 unspecified atom stereocenters. The summed E-state index contributed by atoms with van der Waals surface area (Å²) in [5, 5.41) is 5.20. The molecule has 0 spiro atoms. The predicted molar refractivity (Wildman–Crippen MR) is 134 cm³/mol. The van der Waals surface area contributed by atoms with Crippen LogP contribution in [0.2, 0.25) is 13.1 Å². The van der Waals surface area contributed by atoms with Crippen molar-refractivity contribution in [1.82, 2.24) is 4.57 Å². The maximum atomic E-state index is 6.94. The van der Waals surface area contributed by atoms with E-state index in [2.05, 4.69) is 67.2 Å². The molecule has 1 heterocycles. The molecule has 0 aliphatic heterocycles. The van der Waals surface area contributed by atoms with Crippen LogP contribution >= 0.6 is 0 Å². The zero-order valence-corrected chi connectivity index (χ0v) is 22.5. The molecule has 0 bridgehead atoms. The molecule has 4 aromatic rings. The van der Waals surface area contributed by atoms with E-state index in [0.29, 0.717) is 0 Å². The van der Waals surface area contributed by atoms with Gasteiger partial charge < -0.3 is 29.9 Å². The minimum Gasteiger partial charge on any atom is -0.673 e. The maximum absolute atomic E-state index is 6.94. The van der Waals surface area contributed by atoms with Gasteiger partial charge >= 0.3 is 21.7 Å². The van der Waals surface area contributed by atoms with Crippen molar-refractivity contribution in [2.75, 3.05) is 7.11 Å². The standard InChI is InChI=1S/C17H14NO.C4H10N.C2H6Si.2CH3.Ti/c1-18-15-8-7-12(19-2)10-14(15)17-13-6-4-3-5-11(13)9-16(17)18;1-4(2,3)5;1-3-2;;;/h3-10H,1-2H3;5H,1-3H3;1-2H3;2*1H3;/q2*-1;;2*-1;+4. The summed E-state index contributed by atoms with van der Waals surface area (Å²) in [5.74, 6) is 0.908. The molecule has 0 atom stereocenters. The van der Waals surface area contributed by atoms with E-state index in [4.69, 9.17) is 10.5 Å². The average molecular weight is 457 g/mol. The molecule has 0 saturated carbocycles.